The van der Waals surface area contributed by atoms with Crippen molar-refractivity contribution in [2.45, 2.75) is 40.2 Å². The highest BCUT2D eigenvalue weighted by molar-refractivity contribution is 7.12. The Kier molecular flexibility index (Phi) is 5.77. The second-order valence-electron chi connectivity index (χ2n) is 7.14. The summed E-state index contributed by atoms with van der Waals surface area (Å²) in [7, 11) is 0. The van der Waals surface area contributed by atoms with Gasteiger partial charge in [0.1, 0.15) is 0 Å². The number of piperidine rings is 1. The van der Waals surface area contributed by atoms with Gasteiger partial charge in [0.25, 0.3) is 5.91 Å². The summed E-state index contributed by atoms with van der Waals surface area (Å²) in [5.41, 5.74) is 4.89. The molecule has 0 radical (unpaired) electrons. The van der Waals surface area contributed by atoms with Crippen LogP contribution in [0.3, 0.4) is 0 Å². The van der Waals surface area contributed by atoms with E-state index in [1.807, 2.05) is 22.4 Å². The Morgan fingerprint density at radius 3 is 2.38 bits per heavy atom. The van der Waals surface area contributed by atoms with E-state index < -0.39 is 0 Å². The van der Waals surface area contributed by atoms with Crippen LogP contribution in [-0.2, 0) is 11.3 Å². The van der Waals surface area contributed by atoms with E-state index in [1.54, 1.807) is 0 Å². The molecule has 4 nitrogen and oxygen atoms in total. The third-order valence-electron chi connectivity index (χ3n) is 5.16. The van der Waals surface area contributed by atoms with Crippen molar-refractivity contribution in [3.05, 3.63) is 56.8 Å². The number of nitrogens with zero attached hydrogens (tertiary/aromatic N) is 1. The first kappa shape index (κ1) is 18.6. The van der Waals surface area contributed by atoms with Crippen LogP contribution < -0.4 is 5.32 Å². The summed E-state index contributed by atoms with van der Waals surface area (Å²) in [6.45, 7) is 8.15. The van der Waals surface area contributed by atoms with Crippen LogP contribution in [0.15, 0.2) is 29.6 Å². The first-order valence-corrected chi connectivity index (χ1v) is 10.0. The molecule has 1 saturated heterocycles. The van der Waals surface area contributed by atoms with Crippen molar-refractivity contribution in [1.29, 1.82) is 0 Å². The summed E-state index contributed by atoms with van der Waals surface area (Å²) in [5.74, 6) is 0.186. The Balaban J connectivity index is 1.52. The summed E-state index contributed by atoms with van der Waals surface area (Å²) in [4.78, 5) is 27.6. The lowest BCUT2D eigenvalue weighted by atomic mass is 9.95. The number of hydrogen-bond donors (Lipinski definition) is 1. The van der Waals surface area contributed by atoms with Gasteiger partial charge in [-0.1, -0.05) is 23.8 Å². The molecule has 2 aromatic rings. The molecular weight excluding hydrogens is 344 g/mol. The van der Waals surface area contributed by atoms with Gasteiger partial charge < -0.3 is 10.2 Å². The molecule has 0 unspecified atom stereocenters. The molecule has 2 heterocycles. The quantitative estimate of drug-likeness (QED) is 0.889. The smallest absolute Gasteiger partial charge is 0.263 e. The molecule has 1 fully saturated rings. The molecule has 1 aromatic carbocycles. The number of likely N-dealkylation sites (tertiary alicyclic amines) is 1. The van der Waals surface area contributed by atoms with Gasteiger partial charge in [0, 0.05) is 25.6 Å². The minimum atomic E-state index is -0.00607. The number of carbonyl (C=O) groups excluding carboxylic acids is 2. The largest absolute Gasteiger partial charge is 0.352 e. The lowest BCUT2D eigenvalue weighted by Gasteiger charge is -2.31. The maximum atomic E-state index is 12.6. The van der Waals surface area contributed by atoms with E-state index in [9.17, 15) is 9.59 Å². The van der Waals surface area contributed by atoms with Crippen LogP contribution in [0, 0.1) is 26.7 Å². The Labute approximate surface area is 159 Å². The van der Waals surface area contributed by atoms with E-state index in [4.69, 9.17) is 0 Å². The zero-order chi connectivity index (χ0) is 18.7. The fraction of sp³-hybridized carbons (Fsp3) is 0.429. The Morgan fingerprint density at radius 2 is 1.81 bits per heavy atom. The second kappa shape index (κ2) is 8.04. The van der Waals surface area contributed by atoms with Crippen LogP contribution in [0.25, 0.3) is 0 Å². The van der Waals surface area contributed by atoms with E-state index in [-0.39, 0.29) is 17.7 Å². The third kappa shape index (κ3) is 4.15. The van der Waals surface area contributed by atoms with E-state index >= 15 is 0 Å². The first-order valence-electron chi connectivity index (χ1n) is 9.13. The SMILES string of the molecule is Cc1cc(C)c(CNC(=O)C2CCN(C(=O)c3cccs3)CC2)c(C)c1. The normalized spacial score (nSPS) is 15.1. The molecule has 1 N–H and O–H groups in total. The molecule has 5 heteroatoms. The number of rotatable bonds is 4. The minimum absolute atomic E-state index is 0.00607. The second-order valence-corrected chi connectivity index (χ2v) is 8.09. The van der Waals surface area contributed by atoms with Crippen LogP contribution >= 0.6 is 11.3 Å². The molecule has 3 rings (SSSR count). The fourth-order valence-electron chi connectivity index (χ4n) is 3.71. The predicted octanol–water partition coefficient (Wildman–Crippen LogP) is 3.84. The number of benzene rings is 1. The lowest BCUT2D eigenvalue weighted by Crippen LogP contribution is -2.42. The molecule has 26 heavy (non-hydrogen) atoms. The number of amides is 2. The molecule has 1 aliphatic rings. The molecule has 0 bridgehead atoms. The van der Waals surface area contributed by atoms with Crippen molar-refractivity contribution in [3.8, 4) is 0 Å². The Morgan fingerprint density at radius 1 is 1.15 bits per heavy atom. The molecule has 1 aliphatic heterocycles. The van der Waals surface area contributed by atoms with Crippen molar-refractivity contribution >= 4 is 23.2 Å². The highest BCUT2D eigenvalue weighted by Crippen LogP contribution is 2.22. The highest BCUT2D eigenvalue weighted by atomic mass is 32.1. The van der Waals surface area contributed by atoms with Gasteiger partial charge >= 0.3 is 0 Å². The molecule has 1 aromatic heterocycles. The zero-order valence-electron chi connectivity index (χ0n) is 15.7. The van der Waals surface area contributed by atoms with E-state index in [1.165, 1.54) is 33.6 Å². The Hall–Kier alpha value is -2.14. The van der Waals surface area contributed by atoms with Gasteiger partial charge in [-0.05, 0) is 61.7 Å². The lowest BCUT2D eigenvalue weighted by molar-refractivity contribution is -0.126. The van der Waals surface area contributed by atoms with Crippen LogP contribution in [0.2, 0.25) is 0 Å². The van der Waals surface area contributed by atoms with E-state index in [0.717, 1.165) is 17.7 Å². The van der Waals surface area contributed by atoms with Crippen molar-refractivity contribution in [3.63, 3.8) is 0 Å². The maximum absolute atomic E-state index is 12.6. The molecule has 0 saturated carbocycles. The monoisotopic (exact) mass is 370 g/mol. The summed E-state index contributed by atoms with van der Waals surface area (Å²) in [6, 6.07) is 8.07. The standard InChI is InChI=1S/C21H26N2O2S/c1-14-11-15(2)18(16(3)12-14)13-22-20(24)17-6-8-23(9-7-17)21(25)19-5-4-10-26-19/h4-5,10-12,17H,6-9,13H2,1-3H3,(H,22,24). The minimum Gasteiger partial charge on any atom is -0.352 e. The fourth-order valence-corrected chi connectivity index (χ4v) is 4.40. The number of aryl methyl sites for hydroxylation is 3. The van der Waals surface area contributed by atoms with Gasteiger partial charge in [-0.15, -0.1) is 11.3 Å². The van der Waals surface area contributed by atoms with Crippen molar-refractivity contribution in [2.75, 3.05) is 13.1 Å². The number of thiophene rings is 1. The average molecular weight is 371 g/mol. The zero-order valence-corrected chi connectivity index (χ0v) is 16.5. The van der Waals surface area contributed by atoms with Crippen LogP contribution in [0.5, 0.6) is 0 Å². The van der Waals surface area contributed by atoms with Gasteiger partial charge in [0.15, 0.2) is 0 Å². The molecule has 0 atom stereocenters. The summed E-state index contributed by atoms with van der Waals surface area (Å²) in [5, 5.41) is 5.02. The highest BCUT2D eigenvalue weighted by Gasteiger charge is 2.28. The van der Waals surface area contributed by atoms with E-state index in [0.29, 0.717) is 19.6 Å². The van der Waals surface area contributed by atoms with Gasteiger partial charge in [-0.25, -0.2) is 0 Å². The summed E-state index contributed by atoms with van der Waals surface area (Å²) in [6.07, 6.45) is 1.46. The molecule has 0 spiro atoms. The first-order chi connectivity index (χ1) is 12.5. The number of hydrogen-bond acceptors (Lipinski definition) is 3. The number of nitrogens with one attached hydrogen (secondary N) is 1. The van der Waals surface area contributed by atoms with Crippen LogP contribution in [0.1, 0.15) is 44.8 Å². The van der Waals surface area contributed by atoms with Gasteiger partial charge in [0.2, 0.25) is 5.91 Å². The van der Waals surface area contributed by atoms with E-state index in [2.05, 4.69) is 38.2 Å². The van der Waals surface area contributed by atoms with Crippen molar-refractivity contribution in [1.82, 2.24) is 10.2 Å². The Bertz CT molecular complexity index is 767. The predicted molar refractivity (Wildman–Crippen MR) is 105 cm³/mol. The summed E-state index contributed by atoms with van der Waals surface area (Å²) >= 11 is 1.47. The average Bonchev–Trinajstić information content (AvgIpc) is 3.14. The van der Waals surface area contributed by atoms with Gasteiger partial charge in [-0.2, -0.15) is 0 Å². The topological polar surface area (TPSA) is 49.4 Å². The van der Waals surface area contributed by atoms with Crippen LogP contribution in [-0.4, -0.2) is 29.8 Å². The third-order valence-corrected chi connectivity index (χ3v) is 6.02. The number of carbonyl (C=O) groups is 2. The summed E-state index contributed by atoms with van der Waals surface area (Å²) < 4.78 is 0. The molecule has 2 amide bonds. The molecule has 0 aliphatic carbocycles. The van der Waals surface area contributed by atoms with Gasteiger partial charge in [0.05, 0.1) is 4.88 Å². The van der Waals surface area contributed by atoms with Crippen molar-refractivity contribution < 1.29 is 9.59 Å². The van der Waals surface area contributed by atoms with Crippen molar-refractivity contribution in [2.24, 2.45) is 5.92 Å². The molecule has 138 valence electrons. The van der Waals surface area contributed by atoms with Gasteiger partial charge in [-0.3, -0.25) is 9.59 Å². The van der Waals surface area contributed by atoms with Crippen LogP contribution in [0.4, 0.5) is 0 Å². The maximum Gasteiger partial charge on any atom is 0.263 e. The molecular formula is C21H26N2O2S.